The number of aromatic nitrogens is 1. The quantitative estimate of drug-likeness (QED) is 0.354. The summed E-state index contributed by atoms with van der Waals surface area (Å²) >= 11 is 0. The number of hydrogen-bond acceptors (Lipinski definition) is 4. The normalized spacial score (nSPS) is 14.8. The molecule has 1 aliphatic rings. The number of nitrogens with zero attached hydrogens (tertiary/aromatic N) is 1. The monoisotopic (exact) mass is 449 g/mol. The van der Waals surface area contributed by atoms with Crippen LogP contribution in [0.15, 0.2) is 54.6 Å². The number of methoxy groups -OCH3 is 1. The average molecular weight is 450 g/mol. The second-order valence-corrected chi connectivity index (χ2v) is 8.59. The molecule has 0 aliphatic heterocycles. The van der Waals surface area contributed by atoms with Gasteiger partial charge in [0, 0.05) is 28.2 Å². The van der Waals surface area contributed by atoms with Crippen molar-refractivity contribution in [2.24, 2.45) is 0 Å². The fraction of sp³-hybridized carbons (Fsp3) is 0.333. The molecule has 0 amide bonds. The van der Waals surface area contributed by atoms with E-state index in [9.17, 15) is 14.0 Å². The molecule has 0 N–H and O–H groups in total. The van der Waals surface area contributed by atoms with Crippen LogP contribution in [0, 0.1) is 19.7 Å². The van der Waals surface area contributed by atoms with Gasteiger partial charge in [0.1, 0.15) is 11.6 Å². The summed E-state index contributed by atoms with van der Waals surface area (Å²) in [7, 11) is 1.61. The van der Waals surface area contributed by atoms with Crippen molar-refractivity contribution in [1.29, 1.82) is 0 Å². The molecule has 33 heavy (non-hydrogen) atoms. The van der Waals surface area contributed by atoms with E-state index in [1.807, 2.05) is 42.7 Å². The minimum Gasteiger partial charge on any atom is -0.497 e. The number of Topliss-reactive ketones (excluding diaryl/α,β-unsaturated/α-hetero) is 1. The van der Waals surface area contributed by atoms with Crippen LogP contribution in [-0.2, 0) is 14.9 Å². The Labute approximate surface area is 193 Å². The number of benzene rings is 2. The molecule has 1 aromatic heterocycles. The molecule has 0 bridgehead atoms. The van der Waals surface area contributed by atoms with Gasteiger partial charge >= 0.3 is 5.97 Å². The van der Waals surface area contributed by atoms with E-state index in [2.05, 4.69) is 0 Å². The second kappa shape index (κ2) is 9.22. The van der Waals surface area contributed by atoms with Gasteiger partial charge in [0.25, 0.3) is 0 Å². The molecule has 4 rings (SSSR count). The van der Waals surface area contributed by atoms with E-state index in [1.165, 1.54) is 6.07 Å². The first-order valence-electron chi connectivity index (χ1n) is 11.2. The van der Waals surface area contributed by atoms with Gasteiger partial charge in [-0.25, -0.2) is 4.39 Å². The van der Waals surface area contributed by atoms with E-state index in [4.69, 9.17) is 9.47 Å². The number of rotatable bonds is 7. The highest BCUT2D eigenvalue weighted by atomic mass is 19.1. The first-order chi connectivity index (χ1) is 15.9. The second-order valence-electron chi connectivity index (χ2n) is 8.59. The molecular weight excluding hydrogens is 421 g/mol. The van der Waals surface area contributed by atoms with Gasteiger partial charge in [0.05, 0.1) is 12.5 Å². The van der Waals surface area contributed by atoms with Crippen molar-refractivity contribution < 1.29 is 23.5 Å². The van der Waals surface area contributed by atoms with Crippen LogP contribution in [0.5, 0.6) is 5.75 Å². The summed E-state index contributed by atoms with van der Waals surface area (Å²) in [5.41, 5.74) is 2.41. The molecule has 1 aliphatic carbocycles. The van der Waals surface area contributed by atoms with Gasteiger partial charge in [0.2, 0.25) is 5.78 Å². The third kappa shape index (κ3) is 4.17. The fourth-order valence-corrected chi connectivity index (χ4v) is 4.93. The Morgan fingerprint density at radius 2 is 1.70 bits per heavy atom. The number of carbonyl (C=O) groups is 2. The maximum atomic E-state index is 14.5. The van der Waals surface area contributed by atoms with E-state index >= 15 is 0 Å². The zero-order valence-electron chi connectivity index (χ0n) is 19.2. The van der Waals surface area contributed by atoms with Crippen LogP contribution in [0.2, 0.25) is 0 Å². The molecule has 0 atom stereocenters. The number of ether oxygens (including phenoxy) is 2. The summed E-state index contributed by atoms with van der Waals surface area (Å²) in [6, 6.07) is 15.7. The minimum atomic E-state index is -1.02. The molecule has 1 fully saturated rings. The van der Waals surface area contributed by atoms with Gasteiger partial charge in [-0.3, -0.25) is 9.59 Å². The predicted octanol–water partition coefficient (Wildman–Crippen LogP) is 5.48. The highest BCUT2D eigenvalue weighted by Gasteiger charge is 2.46. The summed E-state index contributed by atoms with van der Waals surface area (Å²) < 4.78 is 27.2. The molecule has 5 nitrogen and oxygen atoms in total. The number of hydrogen-bond donors (Lipinski definition) is 0. The maximum absolute atomic E-state index is 14.5. The van der Waals surface area contributed by atoms with Gasteiger partial charge in [-0.1, -0.05) is 31.0 Å². The molecule has 0 unspecified atom stereocenters. The smallest absolute Gasteiger partial charge is 0.317 e. The average Bonchev–Trinajstić information content (AvgIpc) is 3.43. The van der Waals surface area contributed by atoms with Crippen molar-refractivity contribution in [2.75, 3.05) is 13.7 Å². The van der Waals surface area contributed by atoms with Crippen LogP contribution in [0.1, 0.15) is 53.0 Å². The molecule has 172 valence electrons. The number of aryl methyl sites for hydroxylation is 1. The molecule has 2 aromatic carbocycles. The predicted molar refractivity (Wildman–Crippen MR) is 124 cm³/mol. The number of halogens is 1. The molecule has 0 spiro atoms. The lowest BCUT2D eigenvalue weighted by atomic mass is 9.78. The maximum Gasteiger partial charge on any atom is 0.317 e. The summed E-state index contributed by atoms with van der Waals surface area (Å²) in [5, 5.41) is 0. The largest absolute Gasteiger partial charge is 0.497 e. The first-order valence-corrected chi connectivity index (χ1v) is 11.2. The van der Waals surface area contributed by atoms with Gasteiger partial charge < -0.3 is 14.0 Å². The van der Waals surface area contributed by atoms with Crippen molar-refractivity contribution in [3.05, 3.63) is 82.9 Å². The zero-order valence-corrected chi connectivity index (χ0v) is 19.2. The molecule has 0 saturated heterocycles. The van der Waals surface area contributed by atoms with Crippen LogP contribution >= 0.6 is 0 Å². The van der Waals surface area contributed by atoms with Crippen LogP contribution in [0.4, 0.5) is 4.39 Å². The molecule has 3 aromatic rings. The highest BCUT2D eigenvalue weighted by molar-refractivity contribution is 6.00. The van der Waals surface area contributed by atoms with Crippen molar-refractivity contribution in [3.8, 4) is 11.4 Å². The number of carbonyl (C=O) groups excluding carboxylic acids is 2. The van der Waals surface area contributed by atoms with E-state index in [0.717, 1.165) is 35.7 Å². The Morgan fingerprint density at radius 1 is 1.03 bits per heavy atom. The summed E-state index contributed by atoms with van der Waals surface area (Å²) in [6.07, 6.45) is 2.68. The Balaban J connectivity index is 1.53. The Bertz CT molecular complexity index is 1170. The molecule has 0 radical (unpaired) electrons. The Morgan fingerprint density at radius 3 is 2.33 bits per heavy atom. The van der Waals surface area contributed by atoms with Gasteiger partial charge in [-0.2, -0.15) is 0 Å². The molecule has 6 heteroatoms. The molecule has 1 heterocycles. The third-order valence-corrected chi connectivity index (χ3v) is 6.63. The molecule has 1 saturated carbocycles. The third-order valence-electron chi connectivity index (χ3n) is 6.63. The topological polar surface area (TPSA) is 57.5 Å². The van der Waals surface area contributed by atoms with Crippen molar-refractivity contribution in [2.45, 2.75) is 44.9 Å². The standard InChI is InChI=1S/C27H28FNO4/c1-18-16-22(19(2)29(18)20-10-12-21(32-3)13-11-20)25(30)17-33-26(31)27(14-6-7-15-27)23-8-4-5-9-24(23)28/h4-5,8-13,16H,6-7,14-15,17H2,1-3H3. The minimum absolute atomic E-state index is 0.280. The Kier molecular flexibility index (Phi) is 6.36. The fourth-order valence-electron chi connectivity index (χ4n) is 4.93. The van der Waals surface area contributed by atoms with Crippen molar-refractivity contribution in [3.63, 3.8) is 0 Å². The number of esters is 1. The van der Waals surface area contributed by atoms with Crippen LogP contribution in [-0.4, -0.2) is 30.0 Å². The lowest BCUT2D eigenvalue weighted by molar-refractivity contribution is -0.149. The lowest BCUT2D eigenvalue weighted by Gasteiger charge is -2.27. The van der Waals surface area contributed by atoms with Crippen LogP contribution < -0.4 is 4.74 Å². The SMILES string of the molecule is COc1ccc(-n2c(C)cc(C(=O)COC(=O)C3(c4ccccc4F)CCCC3)c2C)cc1. The van der Waals surface area contributed by atoms with Gasteiger partial charge in [-0.15, -0.1) is 0 Å². The summed E-state index contributed by atoms with van der Waals surface area (Å²) in [4.78, 5) is 26.1. The summed E-state index contributed by atoms with van der Waals surface area (Å²) in [6.45, 7) is 3.41. The zero-order chi connectivity index (χ0) is 23.6. The molecular formula is C27H28FNO4. The summed E-state index contributed by atoms with van der Waals surface area (Å²) in [5.74, 6) is -0.467. The van der Waals surface area contributed by atoms with Crippen molar-refractivity contribution in [1.82, 2.24) is 4.57 Å². The van der Waals surface area contributed by atoms with Crippen LogP contribution in [0.3, 0.4) is 0 Å². The van der Waals surface area contributed by atoms with Gasteiger partial charge in [-0.05, 0) is 63.1 Å². The van der Waals surface area contributed by atoms with E-state index in [1.54, 1.807) is 31.4 Å². The van der Waals surface area contributed by atoms with Crippen LogP contribution in [0.25, 0.3) is 5.69 Å². The first kappa shape index (κ1) is 22.8. The van der Waals surface area contributed by atoms with Crippen molar-refractivity contribution >= 4 is 11.8 Å². The Hall–Kier alpha value is -3.41. The highest BCUT2D eigenvalue weighted by Crippen LogP contribution is 2.43. The van der Waals surface area contributed by atoms with E-state index < -0.39 is 17.2 Å². The lowest BCUT2D eigenvalue weighted by Crippen LogP contribution is -2.36. The number of ketones is 1. The van der Waals surface area contributed by atoms with E-state index in [-0.39, 0.29) is 12.4 Å². The van der Waals surface area contributed by atoms with E-state index in [0.29, 0.717) is 24.0 Å². The van der Waals surface area contributed by atoms with Gasteiger partial charge in [0.15, 0.2) is 6.61 Å².